The van der Waals surface area contributed by atoms with Gasteiger partial charge in [0.05, 0.1) is 14.8 Å². The molecule has 1 amide bonds. The molecule has 0 bridgehead atoms. The number of sulfonamides is 1. The van der Waals surface area contributed by atoms with Crippen molar-refractivity contribution in [1.29, 1.82) is 0 Å². The first kappa shape index (κ1) is 19.2. The average Bonchev–Trinajstić information content (AvgIpc) is 3.04. The van der Waals surface area contributed by atoms with E-state index in [0.717, 1.165) is 21.0 Å². The number of carbonyl (C=O) groups excluding carboxylic acids is 1. The number of nitrogens with two attached hydrogens (primary N) is 1. The summed E-state index contributed by atoms with van der Waals surface area (Å²) in [6.07, 6.45) is 0.570. The SMILES string of the molecule is Cc1nc(C(=O)NCCc2ccc(S(N)(=O)=O)cc2)c(-c2ccccc2)s1. The summed E-state index contributed by atoms with van der Waals surface area (Å²) in [6, 6.07) is 16.0. The van der Waals surface area contributed by atoms with Gasteiger partial charge in [0.25, 0.3) is 5.91 Å². The van der Waals surface area contributed by atoms with Crippen LogP contribution in [0.25, 0.3) is 10.4 Å². The largest absolute Gasteiger partial charge is 0.350 e. The molecule has 0 fully saturated rings. The van der Waals surface area contributed by atoms with Crippen LogP contribution in [0.1, 0.15) is 21.1 Å². The first-order chi connectivity index (χ1) is 12.8. The molecule has 8 heteroatoms. The summed E-state index contributed by atoms with van der Waals surface area (Å²) < 4.78 is 22.5. The molecule has 27 heavy (non-hydrogen) atoms. The van der Waals surface area contributed by atoms with Crippen molar-refractivity contribution in [2.45, 2.75) is 18.2 Å². The topological polar surface area (TPSA) is 102 Å². The number of benzene rings is 2. The quantitative estimate of drug-likeness (QED) is 0.663. The smallest absolute Gasteiger partial charge is 0.271 e. The second kappa shape index (κ2) is 7.99. The summed E-state index contributed by atoms with van der Waals surface area (Å²) in [7, 11) is -3.70. The fraction of sp³-hybridized carbons (Fsp3) is 0.158. The van der Waals surface area contributed by atoms with Gasteiger partial charge >= 0.3 is 0 Å². The number of aromatic nitrogens is 1. The lowest BCUT2D eigenvalue weighted by Gasteiger charge is -2.06. The molecule has 0 spiro atoms. The number of thiazole rings is 1. The minimum atomic E-state index is -3.70. The Morgan fingerprint density at radius 3 is 2.41 bits per heavy atom. The van der Waals surface area contributed by atoms with Gasteiger partial charge in [-0.2, -0.15) is 0 Å². The van der Waals surface area contributed by atoms with E-state index in [1.165, 1.54) is 23.5 Å². The van der Waals surface area contributed by atoms with Crippen molar-refractivity contribution in [3.8, 4) is 10.4 Å². The Morgan fingerprint density at radius 2 is 1.78 bits per heavy atom. The van der Waals surface area contributed by atoms with Crippen molar-refractivity contribution in [2.75, 3.05) is 6.54 Å². The minimum absolute atomic E-state index is 0.0701. The van der Waals surface area contributed by atoms with E-state index in [2.05, 4.69) is 10.3 Å². The number of nitrogens with zero attached hydrogens (tertiary/aromatic N) is 1. The second-order valence-corrected chi connectivity index (χ2v) is 8.74. The Hall–Kier alpha value is -2.55. The molecule has 0 saturated heterocycles. The summed E-state index contributed by atoms with van der Waals surface area (Å²) >= 11 is 1.49. The van der Waals surface area contributed by atoms with Crippen LogP contribution < -0.4 is 10.5 Å². The molecule has 3 aromatic rings. The molecule has 1 heterocycles. The van der Waals surface area contributed by atoms with Gasteiger partial charge in [-0.15, -0.1) is 11.3 Å². The number of nitrogens with one attached hydrogen (secondary N) is 1. The Balaban J connectivity index is 1.65. The zero-order valence-corrected chi connectivity index (χ0v) is 16.3. The van der Waals surface area contributed by atoms with E-state index in [-0.39, 0.29) is 10.8 Å². The highest BCUT2D eigenvalue weighted by Gasteiger charge is 2.17. The van der Waals surface area contributed by atoms with E-state index in [1.54, 1.807) is 12.1 Å². The number of rotatable bonds is 6. The summed E-state index contributed by atoms with van der Waals surface area (Å²) in [5.41, 5.74) is 2.29. The van der Waals surface area contributed by atoms with Crippen molar-refractivity contribution in [3.63, 3.8) is 0 Å². The Labute approximate surface area is 162 Å². The number of aryl methyl sites for hydroxylation is 1. The number of hydrogen-bond donors (Lipinski definition) is 2. The third-order valence-corrected chi connectivity index (χ3v) is 5.89. The van der Waals surface area contributed by atoms with Crippen LogP contribution in [0, 0.1) is 6.92 Å². The standard InChI is InChI=1S/C19H19N3O3S2/c1-13-22-17(18(26-13)15-5-3-2-4-6-15)19(23)21-12-11-14-7-9-16(10-8-14)27(20,24)25/h2-10H,11-12H2,1H3,(H,21,23)(H2,20,24,25). The molecule has 0 aliphatic heterocycles. The van der Waals surface area contributed by atoms with Gasteiger partial charge in [0.2, 0.25) is 10.0 Å². The van der Waals surface area contributed by atoms with Crippen molar-refractivity contribution >= 4 is 27.3 Å². The summed E-state index contributed by atoms with van der Waals surface area (Å²) in [5, 5.41) is 8.79. The minimum Gasteiger partial charge on any atom is -0.350 e. The number of amides is 1. The predicted octanol–water partition coefficient (Wildman–Crippen LogP) is 2.74. The lowest BCUT2D eigenvalue weighted by Crippen LogP contribution is -2.26. The van der Waals surface area contributed by atoms with Crippen LogP contribution in [0.2, 0.25) is 0 Å². The van der Waals surface area contributed by atoms with Crippen LogP contribution in [0.4, 0.5) is 0 Å². The van der Waals surface area contributed by atoms with Gasteiger partial charge in [-0.05, 0) is 36.6 Å². The lowest BCUT2D eigenvalue weighted by molar-refractivity contribution is 0.0950. The van der Waals surface area contributed by atoms with E-state index >= 15 is 0 Å². The Bertz CT molecular complexity index is 1040. The van der Waals surface area contributed by atoms with Gasteiger partial charge in [0.1, 0.15) is 5.69 Å². The van der Waals surface area contributed by atoms with Crippen molar-refractivity contribution in [3.05, 3.63) is 70.9 Å². The van der Waals surface area contributed by atoms with Crippen molar-refractivity contribution in [2.24, 2.45) is 5.14 Å². The molecule has 6 nitrogen and oxygen atoms in total. The average molecular weight is 402 g/mol. The van der Waals surface area contributed by atoms with E-state index in [9.17, 15) is 13.2 Å². The molecule has 0 radical (unpaired) electrons. The van der Waals surface area contributed by atoms with Crippen LogP contribution in [-0.4, -0.2) is 25.9 Å². The molecule has 0 aliphatic rings. The molecular weight excluding hydrogens is 382 g/mol. The summed E-state index contributed by atoms with van der Waals surface area (Å²) in [4.78, 5) is 17.9. The molecule has 2 aromatic carbocycles. The van der Waals surface area contributed by atoms with Crippen LogP contribution in [0.3, 0.4) is 0 Å². The highest BCUT2D eigenvalue weighted by molar-refractivity contribution is 7.89. The Morgan fingerprint density at radius 1 is 1.11 bits per heavy atom. The van der Waals surface area contributed by atoms with Gasteiger partial charge < -0.3 is 5.32 Å². The molecule has 140 valence electrons. The molecule has 0 atom stereocenters. The summed E-state index contributed by atoms with van der Waals surface area (Å²) in [6.45, 7) is 2.29. The van der Waals surface area contributed by atoms with Crippen LogP contribution in [0.5, 0.6) is 0 Å². The first-order valence-electron chi connectivity index (χ1n) is 8.27. The van der Waals surface area contributed by atoms with Gasteiger partial charge in [-0.3, -0.25) is 4.79 Å². The summed E-state index contributed by atoms with van der Waals surface area (Å²) in [5.74, 6) is -0.223. The maximum atomic E-state index is 12.6. The molecule has 3 rings (SSSR count). The highest BCUT2D eigenvalue weighted by Crippen LogP contribution is 2.29. The molecule has 1 aromatic heterocycles. The van der Waals surface area contributed by atoms with Gasteiger partial charge in [-0.1, -0.05) is 42.5 Å². The van der Waals surface area contributed by atoms with Gasteiger partial charge in [0, 0.05) is 6.54 Å². The first-order valence-corrected chi connectivity index (χ1v) is 10.6. The molecular formula is C19H19N3O3S2. The number of carbonyl (C=O) groups is 1. The molecule has 0 aliphatic carbocycles. The molecule has 0 unspecified atom stereocenters. The monoisotopic (exact) mass is 401 g/mol. The predicted molar refractivity (Wildman–Crippen MR) is 106 cm³/mol. The highest BCUT2D eigenvalue weighted by atomic mass is 32.2. The molecule has 0 saturated carbocycles. The van der Waals surface area contributed by atoms with Crippen LogP contribution in [-0.2, 0) is 16.4 Å². The van der Waals surface area contributed by atoms with Gasteiger partial charge in [0.15, 0.2) is 0 Å². The fourth-order valence-corrected chi connectivity index (χ4v) is 4.05. The zero-order chi connectivity index (χ0) is 19.4. The normalized spacial score (nSPS) is 11.3. The van der Waals surface area contributed by atoms with E-state index in [1.807, 2.05) is 37.3 Å². The zero-order valence-electron chi connectivity index (χ0n) is 14.7. The van der Waals surface area contributed by atoms with E-state index < -0.39 is 10.0 Å². The fourth-order valence-electron chi connectivity index (χ4n) is 2.62. The third kappa shape index (κ3) is 4.79. The molecule has 3 N–H and O–H groups in total. The number of primary sulfonamides is 1. The maximum Gasteiger partial charge on any atom is 0.271 e. The van der Waals surface area contributed by atoms with Crippen LogP contribution >= 0.6 is 11.3 Å². The third-order valence-electron chi connectivity index (χ3n) is 3.94. The lowest BCUT2D eigenvalue weighted by atomic mass is 10.1. The second-order valence-electron chi connectivity index (χ2n) is 5.97. The van der Waals surface area contributed by atoms with Crippen molar-refractivity contribution < 1.29 is 13.2 Å². The van der Waals surface area contributed by atoms with Crippen LogP contribution in [0.15, 0.2) is 59.5 Å². The van der Waals surface area contributed by atoms with E-state index in [0.29, 0.717) is 18.7 Å². The maximum absolute atomic E-state index is 12.6. The number of hydrogen-bond acceptors (Lipinski definition) is 5. The Kier molecular flexibility index (Phi) is 5.69. The van der Waals surface area contributed by atoms with E-state index in [4.69, 9.17) is 5.14 Å². The van der Waals surface area contributed by atoms with Crippen molar-refractivity contribution in [1.82, 2.24) is 10.3 Å². The van der Waals surface area contributed by atoms with Gasteiger partial charge in [-0.25, -0.2) is 18.5 Å².